The molecule has 2 amide bonds. The fraction of sp³-hybridized carbons (Fsp3) is 0.409. The summed E-state index contributed by atoms with van der Waals surface area (Å²) < 4.78 is 0. The van der Waals surface area contributed by atoms with Crippen LogP contribution >= 0.6 is 0 Å². The van der Waals surface area contributed by atoms with Crippen molar-refractivity contribution >= 4 is 11.8 Å². The minimum absolute atomic E-state index is 0.0667. The Labute approximate surface area is 165 Å². The normalized spacial score (nSPS) is 17.1. The highest BCUT2D eigenvalue weighted by atomic mass is 16.2. The number of amides is 2. The van der Waals surface area contributed by atoms with Gasteiger partial charge in [0.2, 0.25) is 0 Å². The van der Waals surface area contributed by atoms with Gasteiger partial charge in [-0.2, -0.15) is 0 Å². The Balaban J connectivity index is 1.44. The second-order valence-electron chi connectivity index (χ2n) is 7.66. The summed E-state index contributed by atoms with van der Waals surface area (Å²) in [5.41, 5.74) is 2.73. The average Bonchev–Trinajstić information content (AvgIpc) is 3.57. The Morgan fingerprint density at radius 3 is 2.57 bits per heavy atom. The zero-order chi connectivity index (χ0) is 19.3. The number of hydrogen-bond donors (Lipinski definition) is 3. The number of pyridine rings is 1. The highest BCUT2D eigenvalue weighted by molar-refractivity contribution is 5.97. The van der Waals surface area contributed by atoms with Crippen LogP contribution in [0.3, 0.4) is 0 Å². The van der Waals surface area contributed by atoms with Gasteiger partial charge in [0.05, 0.1) is 5.69 Å². The highest BCUT2D eigenvalue weighted by Crippen LogP contribution is 2.22. The molecule has 2 heterocycles. The SMILES string of the molecule is O=C(NCC1CCNCC1)c1cccc(-c2cc(C(=O)NC3CC3)ccn2)c1. The van der Waals surface area contributed by atoms with Crippen molar-refractivity contribution in [1.82, 2.24) is 20.9 Å². The van der Waals surface area contributed by atoms with Crippen molar-refractivity contribution in [3.05, 3.63) is 53.7 Å². The van der Waals surface area contributed by atoms with Crippen LogP contribution in [0, 0.1) is 5.92 Å². The molecule has 0 unspecified atom stereocenters. The van der Waals surface area contributed by atoms with E-state index >= 15 is 0 Å². The Bertz CT molecular complexity index is 857. The van der Waals surface area contributed by atoms with Gasteiger partial charge in [0.25, 0.3) is 11.8 Å². The monoisotopic (exact) mass is 378 g/mol. The molecule has 2 aliphatic rings. The molecule has 0 atom stereocenters. The van der Waals surface area contributed by atoms with Crippen LogP contribution in [0.15, 0.2) is 42.6 Å². The first-order chi connectivity index (χ1) is 13.7. The predicted octanol–water partition coefficient (Wildman–Crippen LogP) is 2.37. The van der Waals surface area contributed by atoms with E-state index in [2.05, 4.69) is 20.9 Å². The number of carbonyl (C=O) groups is 2. The van der Waals surface area contributed by atoms with Gasteiger partial charge < -0.3 is 16.0 Å². The molecule has 0 spiro atoms. The summed E-state index contributed by atoms with van der Waals surface area (Å²) in [5.74, 6) is 0.404. The van der Waals surface area contributed by atoms with Gasteiger partial charge in [0.15, 0.2) is 0 Å². The molecule has 28 heavy (non-hydrogen) atoms. The zero-order valence-electron chi connectivity index (χ0n) is 15.9. The molecule has 3 N–H and O–H groups in total. The van der Waals surface area contributed by atoms with E-state index in [1.165, 1.54) is 0 Å². The minimum Gasteiger partial charge on any atom is -0.352 e. The lowest BCUT2D eigenvalue weighted by Crippen LogP contribution is -2.35. The van der Waals surface area contributed by atoms with Crippen molar-refractivity contribution in [1.29, 1.82) is 0 Å². The van der Waals surface area contributed by atoms with Crippen molar-refractivity contribution in [2.24, 2.45) is 5.92 Å². The topological polar surface area (TPSA) is 83.1 Å². The van der Waals surface area contributed by atoms with Gasteiger partial charge in [0.1, 0.15) is 0 Å². The van der Waals surface area contributed by atoms with Gasteiger partial charge in [-0.05, 0) is 69.0 Å². The largest absolute Gasteiger partial charge is 0.352 e. The Morgan fingerprint density at radius 2 is 1.79 bits per heavy atom. The number of benzene rings is 1. The highest BCUT2D eigenvalue weighted by Gasteiger charge is 2.24. The van der Waals surface area contributed by atoms with Crippen molar-refractivity contribution in [2.75, 3.05) is 19.6 Å². The fourth-order valence-corrected chi connectivity index (χ4v) is 3.47. The van der Waals surface area contributed by atoms with Crippen LogP contribution in [0.4, 0.5) is 0 Å². The van der Waals surface area contributed by atoms with Crippen LogP contribution in [0.2, 0.25) is 0 Å². The van der Waals surface area contributed by atoms with Gasteiger partial charge in [-0.1, -0.05) is 12.1 Å². The minimum atomic E-state index is -0.0676. The Kier molecular flexibility index (Phi) is 5.67. The van der Waals surface area contributed by atoms with Gasteiger partial charge in [-0.25, -0.2) is 0 Å². The number of piperidine rings is 1. The first kappa shape index (κ1) is 18.6. The van der Waals surface area contributed by atoms with Crippen LogP contribution in [0.5, 0.6) is 0 Å². The van der Waals surface area contributed by atoms with Gasteiger partial charge in [0, 0.05) is 35.5 Å². The summed E-state index contributed by atoms with van der Waals surface area (Å²) in [6.45, 7) is 2.75. The molecule has 6 nitrogen and oxygen atoms in total. The lowest BCUT2D eigenvalue weighted by Gasteiger charge is -2.22. The van der Waals surface area contributed by atoms with Crippen LogP contribution in [-0.2, 0) is 0 Å². The van der Waals surface area contributed by atoms with Crippen LogP contribution < -0.4 is 16.0 Å². The molecule has 1 aliphatic carbocycles. The zero-order valence-corrected chi connectivity index (χ0v) is 15.9. The molecule has 6 heteroatoms. The first-order valence-electron chi connectivity index (χ1n) is 10.1. The van der Waals surface area contributed by atoms with Crippen molar-refractivity contribution in [3.63, 3.8) is 0 Å². The number of aromatic nitrogens is 1. The summed E-state index contributed by atoms with van der Waals surface area (Å²) in [6.07, 6.45) is 5.94. The number of nitrogens with zero attached hydrogens (tertiary/aromatic N) is 1. The third-order valence-corrected chi connectivity index (χ3v) is 5.37. The third kappa shape index (κ3) is 4.75. The van der Waals surface area contributed by atoms with E-state index in [4.69, 9.17) is 0 Å². The van der Waals surface area contributed by atoms with Crippen LogP contribution in [-0.4, -0.2) is 42.5 Å². The van der Waals surface area contributed by atoms with Gasteiger partial charge in [-0.15, -0.1) is 0 Å². The molecule has 1 saturated heterocycles. The number of carbonyl (C=O) groups excluding carboxylic acids is 2. The van der Waals surface area contributed by atoms with Crippen molar-refractivity contribution in [2.45, 2.75) is 31.7 Å². The molecular weight excluding hydrogens is 352 g/mol. The fourth-order valence-electron chi connectivity index (χ4n) is 3.47. The van der Waals surface area contributed by atoms with Crippen LogP contribution in [0.1, 0.15) is 46.4 Å². The van der Waals surface area contributed by atoms with E-state index in [0.29, 0.717) is 35.3 Å². The smallest absolute Gasteiger partial charge is 0.251 e. The summed E-state index contributed by atoms with van der Waals surface area (Å²) >= 11 is 0. The Hall–Kier alpha value is -2.73. The quantitative estimate of drug-likeness (QED) is 0.721. The maximum Gasteiger partial charge on any atom is 0.251 e. The molecule has 4 rings (SSSR count). The van der Waals surface area contributed by atoms with E-state index in [1.54, 1.807) is 18.3 Å². The predicted molar refractivity (Wildman–Crippen MR) is 108 cm³/mol. The van der Waals surface area contributed by atoms with E-state index in [9.17, 15) is 9.59 Å². The molecule has 1 saturated carbocycles. The van der Waals surface area contributed by atoms with E-state index in [-0.39, 0.29) is 11.8 Å². The second kappa shape index (κ2) is 8.52. The first-order valence-corrected chi connectivity index (χ1v) is 10.1. The van der Waals surface area contributed by atoms with Gasteiger partial charge >= 0.3 is 0 Å². The van der Waals surface area contributed by atoms with Gasteiger partial charge in [-0.3, -0.25) is 14.6 Å². The number of nitrogens with one attached hydrogen (secondary N) is 3. The maximum atomic E-state index is 12.6. The third-order valence-electron chi connectivity index (χ3n) is 5.37. The summed E-state index contributed by atoms with van der Waals surface area (Å²) in [6, 6.07) is 11.2. The van der Waals surface area contributed by atoms with Crippen molar-refractivity contribution in [3.8, 4) is 11.3 Å². The molecule has 2 aromatic rings. The Morgan fingerprint density at radius 1 is 1.00 bits per heavy atom. The molecule has 0 bridgehead atoms. The molecule has 1 aromatic carbocycles. The summed E-state index contributed by atoms with van der Waals surface area (Å²) in [7, 11) is 0. The van der Waals surface area contributed by atoms with E-state index in [1.807, 2.05) is 24.3 Å². The maximum absolute atomic E-state index is 12.6. The number of hydrogen-bond acceptors (Lipinski definition) is 4. The lowest BCUT2D eigenvalue weighted by molar-refractivity contribution is 0.0938. The average molecular weight is 378 g/mol. The molecule has 1 aromatic heterocycles. The number of rotatable bonds is 6. The van der Waals surface area contributed by atoms with Crippen molar-refractivity contribution < 1.29 is 9.59 Å². The second-order valence-corrected chi connectivity index (χ2v) is 7.66. The standard InChI is InChI=1S/C22H26N4O2/c27-21(25-14-15-6-9-23-10-7-15)17-3-1-2-16(12-17)20-13-18(8-11-24-20)22(28)26-19-4-5-19/h1-3,8,11-13,15,19,23H,4-7,9-10,14H2,(H,25,27)(H,26,28). The summed E-state index contributed by atoms with van der Waals surface area (Å²) in [4.78, 5) is 29.2. The van der Waals surface area contributed by atoms with Crippen LogP contribution in [0.25, 0.3) is 11.3 Å². The van der Waals surface area contributed by atoms with E-state index < -0.39 is 0 Å². The lowest BCUT2D eigenvalue weighted by atomic mass is 9.98. The van der Waals surface area contributed by atoms with E-state index in [0.717, 1.165) is 44.3 Å². The molecule has 0 radical (unpaired) electrons. The molecular formula is C22H26N4O2. The molecule has 146 valence electrons. The summed E-state index contributed by atoms with van der Waals surface area (Å²) in [5, 5.41) is 9.38. The molecule has 1 aliphatic heterocycles. The molecule has 2 fully saturated rings.